The first-order chi connectivity index (χ1) is 18.3. The molecule has 174 valence electrons. The van der Waals surface area contributed by atoms with Crippen molar-refractivity contribution >= 4 is 44.0 Å². The average molecular weight is 493 g/mol. The van der Waals surface area contributed by atoms with Crippen molar-refractivity contribution in [1.82, 2.24) is 9.97 Å². The second-order valence-corrected chi connectivity index (χ2v) is 9.52. The molecule has 0 radical (unpaired) electrons. The third kappa shape index (κ3) is 3.74. The van der Waals surface area contributed by atoms with Crippen molar-refractivity contribution in [2.45, 2.75) is 0 Å². The van der Waals surface area contributed by atoms with E-state index in [0.29, 0.717) is 0 Å². The predicted octanol–water partition coefficient (Wildman–Crippen LogP) is 9.59. The van der Waals surface area contributed by atoms with Gasteiger partial charge in [0.05, 0.1) is 11.2 Å². The molecular formula is C34H21ClN2. The molecule has 0 N–H and O–H groups in total. The van der Waals surface area contributed by atoms with Gasteiger partial charge in [0.15, 0.2) is 0 Å². The minimum absolute atomic E-state index is 0.252. The number of benzene rings is 6. The van der Waals surface area contributed by atoms with Crippen molar-refractivity contribution in [3.63, 3.8) is 0 Å². The normalized spacial score (nSPS) is 11.4. The lowest BCUT2D eigenvalue weighted by molar-refractivity contribution is 1.23. The van der Waals surface area contributed by atoms with Crippen molar-refractivity contribution in [2.24, 2.45) is 0 Å². The number of aromatic nitrogens is 2. The molecule has 0 aliphatic carbocycles. The maximum atomic E-state index is 6.44. The number of hydrogen-bond acceptors (Lipinski definition) is 2. The van der Waals surface area contributed by atoms with Crippen LogP contribution in [0.1, 0.15) is 0 Å². The van der Waals surface area contributed by atoms with Crippen LogP contribution in [0.5, 0.6) is 0 Å². The predicted molar refractivity (Wildman–Crippen MR) is 156 cm³/mol. The Balaban J connectivity index is 1.52. The van der Waals surface area contributed by atoms with E-state index < -0.39 is 0 Å². The van der Waals surface area contributed by atoms with E-state index in [1.165, 1.54) is 21.9 Å². The third-order valence-electron chi connectivity index (χ3n) is 7.00. The summed E-state index contributed by atoms with van der Waals surface area (Å²) < 4.78 is 0. The highest BCUT2D eigenvalue weighted by molar-refractivity contribution is 6.29. The van der Waals surface area contributed by atoms with E-state index in [2.05, 4.69) is 119 Å². The molecule has 2 nitrogen and oxygen atoms in total. The Morgan fingerprint density at radius 3 is 1.89 bits per heavy atom. The molecule has 1 aromatic heterocycles. The van der Waals surface area contributed by atoms with E-state index in [4.69, 9.17) is 11.6 Å². The zero-order chi connectivity index (χ0) is 24.8. The minimum atomic E-state index is 0.252. The van der Waals surface area contributed by atoms with Crippen LogP contribution in [0.2, 0.25) is 5.28 Å². The molecule has 0 aliphatic rings. The maximum absolute atomic E-state index is 6.44. The number of halogens is 1. The number of nitrogens with zero attached hydrogens (tertiary/aromatic N) is 2. The van der Waals surface area contributed by atoms with Crippen molar-refractivity contribution < 1.29 is 0 Å². The van der Waals surface area contributed by atoms with Crippen LogP contribution in [0.25, 0.3) is 66.0 Å². The molecule has 0 fully saturated rings. The van der Waals surface area contributed by atoms with Crippen LogP contribution >= 0.6 is 11.6 Å². The van der Waals surface area contributed by atoms with Crippen LogP contribution in [0.3, 0.4) is 0 Å². The molecule has 0 aliphatic heterocycles. The van der Waals surface area contributed by atoms with Gasteiger partial charge in [0, 0.05) is 16.3 Å². The van der Waals surface area contributed by atoms with Gasteiger partial charge in [-0.15, -0.1) is 0 Å². The fraction of sp³-hybridized carbons (Fsp3) is 0. The summed E-state index contributed by atoms with van der Waals surface area (Å²) in [4.78, 5) is 9.35. The largest absolute Gasteiger partial charge is 0.223 e. The molecule has 37 heavy (non-hydrogen) atoms. The summed E-state index contributed by atoms with van der Waals surface area (Å²) in [5.41, 5.74) is 7.43. The lowest BCUT2D eigenvalue weighted by atomic mass is 9.91. The van der Waals surface area contributed by atoms with E-state index in [0.717, 1.165) is 44.1 Å². The Morgan fingerprint density at radius 1 is 0.432 bits per heavy atom. The summed E-state index contributed by atoms with van der Waals surface area (Å²) in [7, 11) is 0. The zero-order valence-electron chi connectivity index (χ0n) is 19.9. The average Bonchev–Trinajstić information content (AvgIpc) is 2.96. The van der Waals surface area contributed by atoms with Gasteiger partial charge in [-0.2, -0.15) is 0 Å². The fourth-order valence-corrected chi connectivity index (χ4v) is 5.49. The molecule has 0 amide bonds. The van der Waals surface area contributed by atoms with Crippen LogP contribution in [-0.2, 0) is 0 Å². The molecule has 0 atom stereocenters. The Morgan fingerprint density at radius 2 is 1.05 bits per heavy atom. The van der Waals surface area contributed by atoms with Crippen molar-refractivity contribution in [3.8, 4) is 33.5 Å². The topological polar surface area (TPSA) is 25.8 Å². The molecule has 7 rings (SSSR count). The van der Waals surface area contributed by atoms with E-state index in [9.17, 15) is 0 Å². The van der Waals surface area contributed by atoms with E-state index in [1.807, 2.05) is 18.2 Å². The van der Waals surface area contributed by atoms with Gasteiger partial charge in [-0.25, -0.2) is 9.97 Å². The third-order valence-corrected chi connectivity index (χ3v) is 7.17. The number of rotatable bonds is 3. The molecule has 0 unspecified atom stereocenters. The second-order valence-electron chi connectivity index (χ2n) is 9.18. The maximum Gasteiger partial charge on any atom is 0.223 e. The van der Waals surface area contributed by atoms with E-state index in [1.54, 1.807) is 0 Å². The standard InChI is InChI=1S/C34H21ClN2/c35-34-36-32(23-11-2-1-3-12-23)31-21-30(28-17-6-7-18-29(28)33(31)37-34)25-15-8-14-24(20-25)27-19-9-13-22-10-4-5-16-26(22)27/h1-21H. The lowest BCUT2D eigenvalue weighted by Crippen LogP contribution is -1.94. The Kier molecular flexibility index (Phi) is 5.20. The van der Waals surface area contributed by atoms with E-state index >= 15 is 0 Å². The molecule has 6 aromatic carbocycles. The van der Waals surface area contributed by atoms with Gasteiger partial charge in [0.1, 0.15) is 0 Å². The lowest BCUT2D eigenvalue weighted by Gasteiger charge is -2.14. The second kappa shape index (κ2) is 8.85. The van der Waals surface area contributed by atoms with Gasteiger partial charge in [-0.1, -0.05) is 115 Å². The van der Waals surface area contributed by atoms with Crippen LogP contribution in [0.15, 0.2) is 127 Å². The first-order valence-electron chi connectivity index (χ1n) is 12.3. The first-order valence-corrected chi connectivity index (χ1v) is 12.7. The summed E-state index contributed by atoms with van der Waals surface area (Å²) in [5, 5.41) is 5.93. The van der Waals surface area contributed by atoms with Gasteiger partial charge < -0.3 is 0 Å². The van der Waals surface area contributed by atoms with Crippen molar-refractivity contribution in [1.29, 1.82) is 0 Å². The summed E-state index contributed by atoms with van der Waals surface area (Å²) in [5.74, 6) is 0. The van der Waals surface area contributed by atoms with Crippen LogP contribution < -0.4 is 0 Å². The van der Waals surface area contributed by atoms with Gasteiger partial charge in [-0.3, -0.25) is 0 Å². The van der Waals surface area contributed by atoms with Gasteiger partial charge in [0.25, 0.3) is 0 Å². The monoisotopic (exact) mass is 492 g/mol. The molecule has 7 aromatic rings. The summed E-state index contributed by atoms with van der Waals surface area (Å²) in [6.45, 7) is 0. The first kappa shape index (κ1) is 21.7. The fourth-order valence-electron chi connectivity index (χ4n) is 5.32. The van der Waals surface area contributed by atoms with Crippen LogP contribution in [0.4, 0.5) is 0 Å². The summed E-state index contributed by atoms with van der Waals surface area (Å²) >= 11 is 6.44. The SMILES string of the molecule is Clc1nc(-c2ccccc2)c2cc(-c3cccc(-c4cccc5ccccc45)c3)c3ccccc3c2n1. The molecular weight excluding hydrogens is 472 g/mol. The highest BCUT2D eigenvalue weighted by Gasteiger charge is 2.16. The molecule has 0 spiro atoms. The minimum Gasteiger partial charge on any atom is -0.217 e. The summed E-state index contributed by atoms with van der Waals surface area (Å²) in [6.07, 6.45) is 0. The Hall–Kier alpha value is -4.53. The van der Waals surface area contributed by atoms with Gasteiger partial charge >= 0.3 is 0 Å². The number of fused-ring (bicyclic) bond motifs is 4. The Bertz CT molecular complexity index is 1940. The van der Waals surface area contributed by atoms with Crippen molar-refractivity contribution in [2.75, 3.05) is 0 Å². The molecule has 0 saturated carbocycles. The quantitative estimate of drug-likeness (QED) is 0.181. The molecule has 0 saturated heterocycles. The van der Waals surface area contributed by atoms with Crippen LogP contribution in [-0.4, -0.2) is 9.97 Å². The molecule has 3 heteroatoms. The zero-order valence-corrected chi connectivity index (χ0v) is 20.7. The highest BCUT2D eigenvalue weighted by atomic mass is 35.5. The smallest absolute Gasteiger partial charge is 0.217 e. The van der Waals surface area contributed by atoms with E-state index in [-0.39, 0.29) is 5.28 Å². The summed E-state index contributed by atoms with van der Waals surface area (Å²) in [6, 6.07) is 44.6. The van der Waals surface area contributed by atoms with Gasteiger partial charge in [0.2, 0.25) is 5.28 Å². The van der Waals surface area contributed by atoms with Crippen molar-refractivity contribution in [3.05, 3.63) is 133 Å². The number of hydrogen-bond donors (Lipinski definition) is 0. The van der Waals surface area contributed by atoms with Gasteiger partial charge in [-0.05, 0) is 62.1 Å². The molecule has 0 bridgehead atoms. The highest BCUT2D eigenvalue weighted by Crippen LogP contribution is 2.39. The van der Waals surface area contributed by atoms with Crippen LogP contribution in [0, 0.1) is 0 Å². The Labute approximate surface area is 219 Å². The molecule has 1 heterocycles.